The highest BCUT2D eigenvalue weighted by Crippen LogP contribution is 2.20. The molecule has 0 amide bonds. The lowest BCUT2D eigenvalue weighted by Gasteiger charge is -2.08. The van der Waals surface area contributed by atoms with Crippen LogP contribution in [-0.4, -0.2) is 16.6 Å². The zero-order valence-electron chi connectivity index (χ0n) is 14.5. The van der Waals surface area contributed by atoms with Crippen molar-refractivity contribution >= 4 is 0 Å². The minimum atomic E-state index is 0.0218. The fourth-order valence-electron chi connectivity index (χ4n) is 2.33. The van der Waals surface area contributed by atoms with E-state index in [4.69, 9.17) is 10.00 Å². The van der Waals surface area contributed by atoms with Crippen molar-refractivity contribution in [3.63, 3.8) is 0 Å². The van der Waals surface area contributed by atoms with Gasteiger partial charge >= 0.3 is 0 Å². The first-order valence-electron chi connectivity index (χ1n) is 8.66. The topological polar surface area (TPSA) is 58.8 Å². The van der Waals surface area contributed by atoms with Crippen molar-refractivity contribution in [3.8, 4) is 23.2 Å². The summed E-state index contributed by atoms with van der Waals surface area (Å²) in [5.41, 5.74) is 2.17. The molecule has 24 heavy (non-hydrogen) atoms. The Morgan fingerprint density at radius 2 is 1.83 bits per heavy atom. The molecular formula is C20H25N3O. The molecule has 1 atom stereocenters. The Balaban J connectivity index is 1.89. The summed E-state index contributed by atoms with van der Waals surface area (Å²) in [6.45, 7) is 4.66. The number of ether oxygens (including phenoxy) is 1. The first kappa shape index (κ1) is 17.9. The second-order valence-electron chi connectivity index (χ2n) is 6.06. The number of benzene rings is 1. The fraction of sp³-hybridized carbons (Fsp3) is 0.450. The van der Waals surface area contributed by atoms with E-state index >= 15 is 0 Å². The second-order valence-corrected chi connectivity index (χ2v) is 6.06. The lowest BCUT2D eigenvalue weighted by atomic mass is 10.1. The molecule has 0 spiro atoms. The zero-order valence-corrected chi connectivity index (χ0v) is 14.5. The van der Waals surface area contributed by atoms with Gasteiger partial charge in [-0.3, -0.25) is 0 Å². The first-order valence-corrected chi connectivity index (χ1v) is 8.66. The minimum Gasteiger partial charge on any atom is -0.494 e. The van der Waals surface area contributed by atoms with Crippen LogP contribution in [0, 0.1) is 17.2 Å². The van der Waals surface area contributed by atoms with E-state index < -0.39 is 0 Å². The van der Waals surface area contributed by atoms with E-state index in [1.165, 1.54) is 24.8 Å². The highest BCUT2D eigenvalue weighted by Gasteiger charge is 2.04. The summed E-state index contributed by atoms with van der Waals surface area (Å²) in [5.74, 6) is 1.56. The van der Waals surface area contributed by atoms with Crippen molar-refractivity contribution in [1.29, 1.82) is 5.26 Å². The molecule has 0 bridgehead atoms. The van der Waals surface area contributed by atoms with Crippen LogP contribution in [0.15, 0.2) is 36.7 Å². The van der Waals surface area contributed by atoms with Gasteiger partial charge in [-0.15, -0.1) is 0 Å². The molecule has 0 fully saturated rings. The van der Waals surface area contributed by atoms with Crippen LogP contribution < -0.4 is 4.74 Å². The van der Waals surface area contributed by atoms with Crippen molar-refractivity contribution < 1.29 is 4.74 Å². The van der Waals surface area contributed by atoms with E-state index in [1.807, 2.05) is 43.6 Å². The van der Waals surface area contributed by atoms with Crippen LogP contribution in [0.3, 0.4) is 0 Å². The molecular weight excluding hydrogens is 298 g/mol. The standard InChI is InChI=1S/C20H25N3O/c1-3-4-5-6-17-14-22-20(23-15-17)18-7-9-19(10-8-18)24-12-11-16(2)13-21/h7-10,14-16H,3-6,11-12H2,1-2H3. The van der Waals surface area contributed by atoms with Crippen LogP contribution in [0.4, 0.5) is 0 Å². The maximum Gasteiger partial charge on any atom is 0.159 e. The number of nitriles is 1. The summed E-state index contributed by atoms with van der Waals surface area (Å²) in [4.78, 5) is 8.93. The van der Waals surface area contributed by atoms with Gasteiger partial charge in [0.2, 0.25) is 0 Å². The predicted molar refractivity (Wildman–Crippen MR) is 95.6 cm³/mol. The van der Waals surface area contributed by atoms with Crippen molar-refractivity contribution in [2.24, 2.45) is 5.92 Å². The normalized spacial score (nSPS) is 11.7. The molecule has 2 rings (SSSR count). The summed E-state index contributed by atoms with van der Waals surface area (Å²) in [6, 6.07) is 9.98. The van der Waals surface area contributed by atoms with Crippen molar-refractivity contribution in [1.82, 2.24) is 9.97 Å². The molecule has 0 saturated carbocycles. The third-order valence-corrected chi connectivity index (χ3v) is 3.93. The Morgan fingerprint density at radius 1 is 1.12 bits per heavy atom. The Hall–Kier alpha value is -2.41. The Bertz CT molecular complexity index is 644. The molecule has 0 N–H and O–H groups in total. The molecule has 126 valence electrons. The number of aryl methyl sites for hydroxylation is 1. The second kappa shape index (κ2) is 9.67. The van der Waals surface area contributed by atoms with Gasteiger partial charge in [-0.1, -0.05) is 19.8 Å². The highest BCUT2D eigenvalue weighted by atomic mass is 16.5. The van der Waals surface area contributed by atoms with Crippen LogP contribution in [-0.2, 0) is 6.42 Å². The monoisotopic (exact) mass is 323 g/mol. The lowest BCUT2D eigenvalue weighted by molar-refractivity contribution is 0.297. The van der Waals surface area contributed by atoms with Gasteiger partial charge in [-0.05, 0) is 56.0 Å². The molecule has 0 saturated heterocycles. The Labute approximate surface area is 144 Å². The molecule has 2 aromatic rings. The van der Waals surface area contributed by atoms with Gasteiger partial charge in [0.05, 0.1) is 12.7 Å². The van der Waals surface area contributed by atoms with Crippen molar-refractivity contribution in [2.75, 3.05) is 6.61 Å². The molecule has 1 aromatic heterocycles. The van der Waals surface area contributed by atoms with Gasteiger partial charge in [0.1, 0.15) is 5.75 Å². The average Bonchev–Trinajstić information content (AvgIpc) is 2.63. The van der Waals surface area contributed by atoms with Crippen LogP contribution in [0.1, 0.15) is 45.1 Å². The summed E-state index contributed by atoms with van der Waals surface area (Å²) in [5, 5.41) is 8.75. The van der Waals surface area contributed by atoms with Gasteiger partial charge in [-0.25, -0.2) is 9.97 Å². The smallest absolute Gasteiger partial charge is 0.159 e. The van der Waals surface area contributed by atoms with E-state index in [0.29, 0.717) is 6.61 Å². The van der Waals surface area contributed by atoms with Gasteiger partial charge in [-0.2, -0.15) is 5.26 Å². The molecule has 0 aliphatic rings. The molecule has 1 unspecified atom stereocenters. The number of unbranched alkanes of at least 4 members (excludes halogenated alkanes) is 2. The molecule has 4 nitrogen and oxygen atoms in total. The van der Waals surface area contributed by atoms with Crippen LogP contribution >= 0.6 is 0 Å². The van der Waals surface area contributed by atoms with Gasteiger partial charge in [0.15, 0.2) is 5.82 Å². The molecule has 1 heterocycles. The molecule has 0 radical (unpaired) electrons. The number of hydrogen-bond acceptors (Lipinski definition) is 4. The van der Waals surface area contributed by atoms with Crippen LogP contribution in [0.2, 0.25) is 0 Å². The average molecular weight is 323 g/mol. The van der Waals surface area contributed by atoms with E-state index in [0.717, 1.165) is 30.0 Å². The number of aromatic nitrogens is 2. The summed E-state index contributed by atoms with van der Waals surface area (Å²) in [7, 11) is 0. The Kier molecular flexibility index (Phi) is 7.22. The molecule has 1 aromatic carbocycles. The summed E-state index contributed by atoms with van der Waals surface area (Å²) < 4.78 is 5.65. The number of rotatable bonds is 9. The van der Waals surface area contributed by atoms with E-state index in [-0.39, 0.29) is 5.92 Å². The van der Waals surface area contributed by atoms with Gasteiger partial charge < -0.3 is 4.74 Å². The summed E-state index contributed by atoms with van der Waals surface area (Å²) in [6.07, 6.45) is 9.29. The van der Waals surface area contributed by atoms with E-state index in [2.05, 4.69) is 23.0 Å². The predicted octanol–water partition coefficient (Wildman–Crippen LogP) is 4.80. The molecule has 4 heteroatoms. The number of nitrogens with zero attached hydrogens (tertiary/aromatic N) is 3. The van der Waals surface area contributed by atoms with E-state index in [9.17, 15) is 0 Å². The lowest BCUT2D eigenvalue weighted by Crippen LogP contribution is -2.02. The maximum atomic E-state index is 8.75. The molecule has 0 aliphatic carbocycles. The minimum absolute atomic E-state index is 0.0218. The van der Waals surface area contributed by atoms with Gasteiger partial charge in [0, 0.05) is 23.9 Å². The Morgan fingerprint density at radius 3 is 2.46 bits per heavy atom. The summed E-state index contributed by atoms with van der Waals surface area (Å²) >= 11 is 0. The third-order valence-electron chi connectivity index (χ3n) is 3.93. The largest absolute Gasteiger partial charge is 0.494 e. The van der Waals surface area contributed by atoms with Crippen LogP contribution in [0.25, 0.3) is 11.4 Å². The number of hydrogen-bond donors (Lipinski definition) is 0. The molecule has 0 aliphatic heterocycles. The van der Waals surface area contributed by atoms with E-state index in [1.54, 1.807) is 0 Å². The van der Waals surface area contributed by atoms with Crippen molar-refractivity contribution in [2.45, 2.75) is 46.0 Å². The maximum absolute atomic E-state index is 8.75. The third kappa shape index (κ3) is 5.66. The SMILES string of the molecule is CCCCCc1cnc(-c2ccc(OCCC(C)C#N)cc2)nc1. The highest BCUT2D eigenvalue weighted by molar-refractivity contribution is 5.55. The van der Waals surface area contributed by atoms with Crippen molar-refractivity contribution in [3.05, 3.63) is 42.2 Å². The fourth-order valence-corrected chi connectivity index (χ4v) is 2.33. The zero-order chi connectivity index (χ0) is 17.2. The van der Waals surface area contributed by atoms with Gasteiger partial charge in [0.25, 0.3) is 0 Å². The first-order chi connectivity index (χ1) is 11.7. The quantitative estimate of drug-likeness (QED) is 0.622. The van der Waals surface area contributed by atoms with Crippen LogP contribution in [0.5, 0.6) is 5.75 Å².